The molecule has 1 aliphatic carbocycles. The van der Waals surface area contributed by atoms with Crippen LogP contribution in [-0.2, 0) is 13.0 Å². The monoisotopic (exact) mass is 241 g/mol. The fourth-order valence-electron chi connectivity index (χ4n) is 2.58. The summed E-state index contributed by atoms with van der Waals surface area (Å²) in [6, 6.07) is 0. The van der Waals surface area contributed by atoms with Gasteiger partial charge >= 0.3 is 0 Å². The van der Waals surface area contributed by atoms with Gasteiger partial charge in [-0.25, -0.2) is 0 Å². The first kappa shape index (κ1) is 11.9. The number of nitrogens with zero attached hydrogens (tertiary/aromatic N) is 3. The van der Waals surface area contributed by atoms with E-state index < -0.39 is 0 Å². The number of rotatable bonds is 4. The van der Waals surface area contributed by atoms with Gasteiger partial charge in [0.2, 0.25) is 5.28 Å². The van der Waals surface area contributed by atoms with Crippen LogP contribution in [0, 0.1) is 5.92 Å². The van der Waals surface area contributed by atoms with Crippen molar-refractivity contribution in [2.45, 2.75) is 58.4 Å². The third-order valence-electron chi connectivity index (χ3n) is 3.58. The first-order valence-corrected chi connectivity index (χ1v) is 6.76. The number of aromatic nitrogens is 3. The van der Waals surface area contributed by atoms with Crippen LogP contribution in [0.2, 0.25) is 5.28 Å². The van der Waals surface area contributed by atoms with Gasteiger partial charge in [0.15, 0.2) is 0 Å². The third-order valence-corrected chi connectivity index (χ3v) is 3.86. The maximum Gasteiger partial charge on any atom is 0.225 e. The summed E-state index contributed by atoms with van der Waals surface area (Å²) < 4.78 is 2.07. The number of hydrogen-bond donors (Lipinski definition) is 0. The highest BCUT2D eigenvalue weighted by Gasteiger charge is 2.15. The van der Waals surface area contributed by atoms with Gasteiger partial charge in [-0.3, -0.25) is 0 Å². The summed E-state index contributed by atoms with van der Waals surface area (Å²) in [7, 11) is 0. The molecule has 0 unspecified atom stereocenters. The Balaban J connectivity index is 1.90. The van der Waals surface area contributed by atoms with Crippen molar-refractivity contribution < 1.29 is 0 Å². The molecule has 90 valence electrons. The molecule has 1 heterocycles. The molecule has 0 amide bonds. The predicted octanol–water partition coefficient (Wildman–Crippen LogP) is 3.46. The highest BCUT2D eigenvalue weighted by Crippen LogP contribution is 2.27. The van der Waals surface area contributed by atoms with Crippen LogP contribution >= 0.6 is 11.6 Å². The molecule has 0 saturated heterocycles. The summed E-state index contributed by atoms with van der Waals surface area (Å²) in [6.07, 6.45) is 9.14. The molecule has 16 heavy (non-hydrogen) atoms. The Kier molecular flexibility index (Phi) is 4.22. The molecule has 0 bridgehead atoms. The average molecular weight is 242 g/mol. The van der Waals surface area contributed by atoms with Crippen molar-refractivity contribution >= 4 is 11.6 Å². The van der Waals surface area contributed by atoms with Crippen LogP contribution in [0.4, 0.5) is 0 Å². The molecular formula is C12H20ClN3. The van der Waals surface area contributed by atoms with Crippen LogP contribution in [-0.4, -0.2) is 14.8 Å². The van der Waals surface area contributed by atoms with Crippen LogP contribution in [0.1, 0.15) is 51.3 Å². The van der Waals surface area contributed by atoms with Crippen molar-refractivity contribution in [3.05, 3.63) is 11.1 Å². The van der Waals surface area contributed by atoms with Crippen LogP contribution in [0.15, 0.2) is 0 Å². The van der Waals surface area contributed by atoms with E-state index in [9.17, 15) is 0 Å². The first-order valence-electron chi connectivity index (χ1n) is 6.39. The standard InChI is InChI=1S/C12H20ClN3/c1-2-11-14-15-12(13)16(11)9-8-10-6-4-3-5-7-10/h10H,2-9H2,1H3. The second-order valence-electron chi connectivity index (χ2n) is 4.68. The fourth-order valence-corrected chi connectivity index (χ4v) is 2.80. The zero-order valence-electron chi connectivity index (χ0n) is 9.95. The summed E-state index contributed by atoms with van der Waals surface area (Å²) in [4.78, 5) is 0. The van der Waals surface area contributed by atoms with Crippen molar-refractivity contribution in [1.29, 1.82) is 0 Å². The molecule has 1 fully saturated rings. The molecule has 3 nitrogen and oxygen atoms in total. The predicted molar refractivity (Wildman–Crippen MR) is 65.6 cm³/mol. The van der Waals surface area contributed by atoms with E-state index >= 15 is 0 Å². The number of halogens is 1. The summed E-state index contributed by atoms with van der Waals surface area (Å²) in [6.45, 7) is 3.08. The van der Waals surface area contributed by atoms with Gasteiger partial charge in [0.25, 0.3) is 0 Å². The molecule has 1 aliphatic rings. The van der Waals surface area contributed by atoms with E-state index in [0.717, 1.165) is 24.7 Å². The highest BCUT2D eigenvalue weighted by atomic mass is 35.5. The minimum Gasteiger partial charge on any atom is -0.302 e. The average Bonchev–Trinajstić information content (AvgIpc) is 2.69. The summed E-state index contributed by atoms with van der Waals surface area (Å²) >= 11 is 6.03. The molecule has 1 saturated carbocycles. The van der Waals surface area contributed by atoms with Crippen LogP contribution in [0.5, 0.6) is 0 Å². The Morgan fingerprint density at radius 2 is 2.00 bits per heavy atom. The van der Waals surface area contributed by atoms with E-state index in [1.54, 1.807) is 0 Å². The van der Waals surface area contributed by atoms with E-state index in [2.05, 4.69) is 21.7 Å². The third kappa shape index (κ3) is 2.76. The van der Waals surface area contributed by atoms with Crippen LogP contribution < -0.4 is 0 Å². The Hall–Kier alpha value is -0.570. The van der Waals surface area contributed by atoms with Crippen LogP contribution in [0.3, 0.4) is 0 Å². The zero-order chi connectivity index (χ0) is 11.4. The van der Waals surface area contributed by atoms with Crippen molar-refractivity contribution in [3.63, 3.8) is 0 Å². The maximum absolute atomic E-state index is 6.03. The van der Waals surface area contributed by atoms with E-state index in [1.807, 2.05) is 0 Å². The van der Waals surface area contributed by atoms with Gasteiger partial charge in [0.1, 0.15) is 5.82 Å². The molecule has 0 atom stereocenters. The van der Waals surface area contributed by atoms with Crippen molar-refractivity contribution in [2.24, 2.45) is 5.92 Å². The normalized spacial score (nSPS) is 17.9. The maximum atomic E-state index is 6.03. The van der Waals surface area contributed by atoms with E-state index in [-0.39, 0.29) is 0 Å². The van der Waals surface area contributed by atoms with E-state index in [4.69, 9.17) is 11.6 Å². The molecule has 0 N–H and O–H groups in total. The van der Waals surface area contributed by atoms with Crippen molar-refractivity contribution in [2.75, 3.05) is 0 Å². The SMILES string of the molecule is CCc1nnc(Cl)n1CCC1CCCCC1. The molecule has 2 rings (SSSR count). The minimum atomic E-state index is 0.549. The van der Waals surface area contributed by atoms with Gasteiger partial charge in [-0.1, -0.05) is 39.0 Å². The Morgan fingerprint density at radius 3 is 2.69 bits per heavy atom. The lowest BCUT2D eigenvalue weighted by Gasteiger charge is -2.21. The van der Waals surface area contributed by atoms with Gasteiger partial charge in [0, 0.05) is 13.0 Å². The summed E-state index contributed by atoms with van der Waals surface area (Å²) in [5.74, 6) is 1.90. The Morgan fingerprint density at radius 1 is 1.25 bits per heavy atom. The van der Waals surface area contributed by atoms with Crippen molar-refractivity contribution in [3.8, 4) is 0 Å². The first-order chi connectivity index (χ1) is 7.81. The van der Waals surface area contributed by atoms with Crippen LogP contribution in [0.25, 0.3) is 0 Å². The van der Waals surface area contributed by atoms with E-state index in [0.29, 0.717) is 5.28 Å². The van der Waals surface area contributed by atoms with Crippen molar-refractivity contribution in [1.82, 2.24) is 14.8 Å². The Bertz CT molecular complexity index is 329. The van der Waals surface area contributed by atoms with Gasteiger partial charge < -0.3 is 4.57 Å². The molecule has 4 heteroatoms. The molecule has 0 aromatic carbocycles. The summed E-state index contributed by atoms with van der Waals surface area (Å²) in [5, 5.41) is 8.56. The molecule has 0 radical (unpaired) electrons. The lowest BCUT2D eigenvalue weighted by atomic mass is 9.87. The molecule has 0 aliphatic heterocycles. The molecular weight excluding hydrogens is 222 g/mol. The molecule has 1 aromatic rings. The van der Waals surface area contributed by atoms with Gasteiger partial charge in [-0.15, -0.1) is 10.2 Å². The number of hydrogen-bond acceptors (Lipinski definition) is 2. The topological polar surface area (TPSA) is 30.7 Å². The zero-order valence-corrected chi connectivity index (χ0v) is 10.7. The number of aryl methyl sites for hydroxylation is 1. The van der Waals surface area contributed by atoms with Gasteiger partial charge in [-0.2, -0.15) is 0 Å². The lowest BCUT2D eigenvalue weighted by molar-refractivity contribution is 0.322. The quantitative estimate of drug-likeness (QED) is 0.808. The van der Waals surface area contributed by atoms with Gasteiger partial charge in [-0.05, 0) is 23.9 Å². The summed E-state index contributed by atoms with van der Waals surface area (Å²) in [5.41, 5.74) is 0. The molecule has 1 aromatic heterocycles. The largest absolute Gasteiger partial charge is 0.302 e. The lowest BCUT2D eigenvalue weighted by Crippen LogP contribution is -2.11. The Labute approximate surface area is 102 Å². The second-order valence-corrected chi connectivity index (χ2v) is 5.02. The second kappa shape index (κ2) is 5.67. The van der Waals surface area contributed by atoms with Gasteiger partial charge in [0.05, 0.1) is 0 Å². The highest BCUT2D eigenvalue weighted by molar-refractivity contribution is 6.28. The fraction of sp³-hybridized carbons (Fsp3) is 0.833. The minimum absolute atomic E-state index is 0.549. The van der Waals surface area contributed by atoms with E-state index in [1.165, 1.54) is 38.5 Å². The molecule has 0 spiro atoms. The smallest absolute Gasteiger partial charge is 0.225 e.